The van der Waals surface area contributed by atoms with Crippen LogP contribution in [-0.2, 0) is 12.1 Å². The van der Waals surface area contributed by atoms with Crippen LogP contribution in [-0.4, -0.2) is 28.7 Å². The van der Waals surface area contributed by atoms with Gasteiger partial charge < -0.3 is 9.52 Å². The highest BCUT2D eigenvalue weighted by Gasteiger charge is 2.44. The first-order valence-electron chi connectivity index (χ1n) is 11.3. The van der Waals surface area contributed by atoms with Crippen molar-refractivity contribution in [1.82, 2.24) is 4.98 Å². The first-order valence-corrected chi connectivity index (χ1v) is 11.3. The summed E-state index contributed by atoms with van der Waals surface area (Å²) in [7, 11) is 4.26. The van der Waals surface area contributed by atoms with Gasteiger partial charge in [0.15, 0.2) is 11.4 Å². The standard InChI is InChI=1S/C27H33N2O2/c1-29(2,19-18-22-12-6-3-7-13-22)21-25-20-28-26(31-25)27(30,23-14-8-4-9-15-23)24-16-10-5-11-17-24/h3-4,6-9,12-15,18-20,24,30H,5,10-11,16-17,21H2,1-2H3/q+1/t27-/m0/s1. The van der Waals surface area contributed by atoms with Crippen LogP contribution in [0, 0.1) is 5.92 Å². The molecule has 1 N–H and O–H groups in total. The van der Waals surface area contributed by atoms with Crippen molar-refractivity contribution in [3.05, 3.63) is 95.8 Å². The van der Waals surface area contributed by atoms with Crippen molar-refractivity contribution in [2.45, 2.75) is 44.2 Å². The molecule has 0 unspecified atom stereocenters. The van der Waals surface area contributed by atoms with Gasteiger partial charge in [-0.2, -0.15) is 0 Å². The van der Waals surface area contributed by atoms with Crippen LogP contribution in [0.1, 0.15) is 54.9 Å². The maximum Gasteiger partial charge on any atom is 0.231 e. The van der Waals surface area contributed by atoms with E-state index in [1.165, 1.54) is 12.0 Å². The van der Waals surface area contributed by atoms with Crippen molar-refractivity contribution in [3.63, 3.8) is 0 Å². The topological polar surface area (TPSA) is 46.3 Å². The van der Waals surface area contributed by atoms with E-state index in [1.807, 2.05) is 48.5 Å². The van der Waals surface area contributed by atoms with Gasteiger partial charge in [-0.3, -0.25) is 4.48 Å². The molecule has 0 radical (unpaired) electrons. The van der Waals surface area contributed by atoms with E-state index < -0.39 is 5.60 Å². The summed E-state index contributed by atoms with van der Waals surface area (Å²) in [5.41, 5.74) is 0.854. The van der Waals surface area contributed by atoms with Gasteiger partial charge in [0.25, 0.3) is 0 Å². The molecule has 0 spiro atoms. The number of oxazole rings is 1. The highest BCUT2D eigenvalue weighted by molar-refractivity contribution is 5.47. The van der Waals surface area contributed by atoms with E-state index in [-0.39, 0.29) is 5.92 Å². The van der Waals surface area contributed by atoms with Crippen LogP contribution >= 0.6 is 0 Å². The van der Waals surface area contributed by atoms with Gasteiger partial charge in [-0.1, -0.05) is 79.9 Å². The Hall–Kier alpha value is -2.69. The highest BCUT2D eigenvalue weighted by Crippen LogP contribution is 2.43. The monoisotopic (exact) mass is 417 g/mol. The molecule has 1 atom stereocenters. The Morgan fingerprint density at radius 1 is 1.00 bits per heavy atom. The van der Waals surface area contributed by atoms with Crippen LogP contribution in [0.25, 0.3) is 6.08 Å². The molecule has 2 aromatic carbocycles. The van der Waals surface area contributed by atoms with Crippen LogP contribution in [0.15, 0.2) is 77.5 Å². The summed E-state index contributed by atoms with van der Waals surface area (Å²) in [6.45, 7) is 0.659. The second-order valence-corrected chi connectivity index (χ2v) is 9.26. The molecule has 1 aromatic heterocycles. The van der Waals surface area contributed by atoms with Gasteiger partial charge in [0.2, 0.25) is 5.89 Å². The van der Waals surface area contributed by atoms with Crippen LogP contribution in [0.5, 0.6) is 0 Å². The lowest BCUT2D eigenvalue weighted by atomic mass is 9.73. The molecule has 0 saturated heterocycles. The normalized spacial score (nSPS) is 17.6. The van der Waals surface area contributed by atoms with Crippen LogP contribution in [0.4, 0.5) is 0 Å². The number of hydrogen-bond donors (Lipinski definition) is 1. The third-order valence-electron chi connectivity index (χ3n) is 6.32. The predicted octanol–water partition coefficient (Wildman–Crippen LogP) is 5.74. The molecule has 3 aromatic rings. The maximum absolute atomic E-state index is 12.0. The molecule has 0 amide bonds. The van der Waals surface area contributed by atoms with Gasteiger partial charge in [-0.05, 0) is 30.0 Å². The molecular weight excluding hydrogens is 384 g/mol. The summed E-state index contributed by atoms with van der Waals surface area (Å²) in [6.07, 6.45) is 11.6. The smallest absolute Gasteiger partial charge is 0.231 e. The fraction of sp³-hybridized carbons (Fsp3) is 0.370. The second kappa shape index (κ2) is 9.21. The van der Waals surface area contributed by atoms with E-state index >= 15 is 0 Å². The summed E-state index contributed by atoms with van der Waals surface area (Å²) < 4.78 is 6.86. The molecule has 0 aliphatic heterocycles. The first kappa shape index (κ1) is 21.5. The zero-order valence-electron chi connectivity index (χ0n) is 18.6. The van der Waals surface area contributed by atoms with Crippen molar-refractivity contribution in [2.75, 3.05) is 14.1 Å². The van der Waals surface area contributed by atoms with Crippen molar-refractivity contribution < 1.29 is 14.0 Å². The second-order valence-electron chi connectivity index (χ2n) is 9.26. The molecule has 4 nitrogen and oxygen atoms in total. The molecule has 31 heavy (non-hydrogen) atoms. The Morgan fingerprint density at radius 2 is 1.65 bits per heavy atom. The van der Waals surface area contributed by atoms with E-state index in [2.05, 4.69) is 43.5 Å². The Balaban J connectivity index is 1.58. The Bertz CT molecular complexity index is 988. The minimum Gasteiger partial charge on any atom is -0.436 e. The summed E-state index contributed by atoms with van der Waals surface area (Å²) in [5, 5.41) is 12.0. The molecule has 1 fully saturated rings. The molecule has 4 rings (SSSR count). The average molecular weight is 418 g/mol. The Morgan fingerprint density at radius 3 is 2.32 bits per heavy atom. The number of rotatable bonds is 7. The van der Waals surface area contributed by atoms with Gasteiger partial charge in [-0.15, -0.1) is 0 Å². The number of aromatic nitrogens is 1. The lowest BCUT2D eigenvalue weighted by molar-refractivity contribution is -0.853. The van der Waals surface area contributed by atoms with Crippen LogP contribution < -0.4 is 0 Å². The number of nitrogens with zero attached hydrogens (tertiary/aromatic N) is 2. The summed E-state index contributed by atoms with van der Waals surface area (Å²) in [4.78, 5) is 4.59. The average Bonchev–Trinajstić information content (AvgIpc) is 3.27. The van der Waals surface area contributed by atoms with E-state index in [4.69, 9.17) is 4.42 Å². The van der Waals surface area contributed by atoms with Gasteiger partial charge in [0.05, 0.1) is 26.5 Å². The molecular formula is C27H33N2O2+. The number of quaternary nitrogens is 1. The van der Waals surface area contributed by atoms with Crippen molar-refractivity contribution in [1.29, 1.82) is 0 Å². The number of hydrogen-bond acceptors (Lipinski definition) is 3. The first-order chi connectivity index (χ1) is 15.0. The third-order valence-corrected chi connectivity index (χ3v) is 6.32. The maximum atomic E-state index is 12.0. The van der Waals surface area contributed by atoms with Crippen molar-refractivity contribution >= 4 is 6.08 Å². The molecule has 0 bridgehead atoms. The summed E-state index contributed by atoms with van der Waals surface area (Å²) in [5.74, 6) is 1.33. The molecule has 1 saturated carbocycles. The van der Waals surface area contributed by atoms with E-state index in [1.54, 1.807) is 6.20 Å². The van der Waals surface area contributed by atoms with Gasteiger partial charge in [0.1, 0.15) is 6.54 Å². The SMILES string of the molecule is C[N+](C)(C=Cc1ccccc1)Cc1cnc([C@](O)(c2ccccc2)C2CCCCC2)o1. The number of benzene rings is 2. The fourth-order valence-electron chi connectivity index (χ4n) is 4.61. The summed E-state index contributed by atoms with van der Waals surface area (Å²) in [6, 6.07) is 20.2. The molecule has 4 heteroatoms. The third kappa shape index (κ3) is 4.97. The fourth-order valence-corrected chi connectivity index (χ4v) is 4.61. The van der Waals surface area contributed by atoms with E-state index in [9.17, 15) is 5.11 Å². The number of aliphatic hydroxyl groups is 1. The Labute approximate surface area is 185 Å². The van der Waals surface area contributed by atoms with Gasteiger partial charge in [0, 0.05) is 5.92 Å². The van der Waals surface area contributed by atoms with Crippen LogP contribution in [0.2, 0.25) is 0 Å². The zero-order chi connectivity index (χ0) is 21.7. The quantitative estimate of drug-likeness (QED) is 0.499. The minimum absolute atomic E-state index is 0.121. The van der Waals surface area contributed by atoms with Crippen molar-refractivity contribution in [2.24, 2.45) is 5.92 Å². The predicted molar refractivity (Wildman–Crippen MR) is 124 cm³/mol. The summed E-state index contributed by atoms with van der Waals surface area (Å²) >= 11 is 0. The minimum atomic E-state index is -1.18. The molecule has 1 aliphatic rings. The Kier molecular flexibility index (Phi) is 6.40. The molecule has 1 heterocycles. The van der Waals surface area contributed by atoms with Crippen LogP contribution in [0.3, 0.4) is 0 Å². The van der Waals surface area contributed by atoms with Crippen molar-refractivity contribution in [3.8, 4) is 0 Å². The van der Waals surface area contributed by atoms with Gasteiger partial charge >= 0.3 is 0 Å². The zero-order valence-corrected chi connectivity index (χ0v) is 18.6. The van der Waals surface area contributed by atoms with E-state index in [0.29, 0.717) is 16.9 Å². The molecule has 162 valence electrons. The lowest BCUT2D eigenvalue weighted by Crippen LogP contribution is -2.38. The highest BCUT2D eigenvalue weighted by atomic mass is 16.4. The van der Waals surface area contributed by atoms with Gasteiger partial charge in [-0.25, -0.2) is 4.98 Å². The largest absolute Gasteiger partial charge is 0.436 e. The lowest BCUT2D eigenvalue weighted by Gasteiger charge is -2.36. The van der Waals surface area contributed by atoms with E-state index in [0.717, 1.165) is 37.0 Å². The molecule has 1 aliphatic carbocycles.